The molecule has 0 unspecified atom stereocenters. The average Bonchev–Trinajstić information content (AvgIpc) is 3.82. The van der Waals surface area contributed by atoms with Gasteiger partial charge in [0.1, 0.15) is 12.1 Å². The number of sulfonamides is 1. The number of aromatic amines is 2. The average molecular weight is 719 g/mol. The Kier molecular flexibility index (Phi) is 10.1. The number of carbonyl (C=O) groups excluding carboxylic acids is 4. The van der Waals surface area contributed by atoms with E-state index in [2.05, 4.69) is 25.6 Å². The van der Waals surface area contributed by atoms with E-state index in [1.54, 1.807) is 74.6 Å². The number of benzene rings is 4. The summed E-state index contributed by atoms with van der Waals surface area (Å²) in [5.74, 6) is -2.85. The van der Waals surface area contributed by atoms with Gasteiger partial charge in [-0.1, -0.05) is 77.9 Å². The summed E-state index contributed by atoms with van der Waals surface area (Å²) in [6.07, 6.45) is 1.19. The van der Waals surface area contributed by atoms with Crippen LogP contribution in [0, 0.1) is 13.8 Å². The first kappa shape index (κ1) is 35.3. The maximum absolute atomic E-state index is 15.1. The molecule has 4 aromatic carbocycles. The third kappa shape index (κ3) is 7.20. The van der Waals surface area contributed by atoms with Crippen LogP contribution in [0.15, 0.2) is 108 Å². The molecule has 0 saturated heterocycles. The number of carbonyl (C=O) groups is 4. The number of nitrogens with one attached hydrogen (secondary N) is 2. The van der Waals surface area contributed by atoms with Crippen molar-refractivity contribution in [2.45, 2.75) is 43.7 Å². The molecular weight excluding hydrogens is 685 g/mol. The number of nitrogens with two attached hydrogens (primary N) is 1. The molecule has 6 rings (SSSR count). The fraction of sp³-hybridized carbons (Fsp3) is 0.162. The number of hydrogen-bond acceptors (Lipinski definition) is 9. The van der Waals surface area contributed by atoms with E-state index in [-0.39, 0.29) is 29.7 Å². The first-order valence-electron chi connectivity index (χ1n) is 16.1. The monoisotopic (exact) mass is 718 g/mol. The lowest BCUT2D eigenvalue weighted by atomic mass is 9.99. The summed E-state index contributed by atoms with van der Waals surface area (Å²) in [6.45, 7) is 3.55. The van der Waals surface area contributed by atoms with Gasteiger partial charge in [0.2, 0.25) is 18.1 Å². The van der Waals surface area contributed by atoms with Crippen LogP contribution in [0.25, 0.3) is 22.3 Å². The van der Waals surface area contributed by atoms with Crippen LogP contribution in [-0.2, 0) is 37.2 Å². The van der Waals surface area contributed by atoms with E-state index in [1.165, 1.54) is 24.3 Å². The smallest absolute Gasteiger partial charge is 0.267 e. The van der Waals surface area contributed by atoms with Crippen molar-refractivity contribution in [1.82, 2.24) is 34.8 Å². The summed E-state index contributed by atoms with van der Waals surface area (Å²) in [5, 5.41) is 14.6. The Morgan fingerprint density at radius 3 is 2.17 bits per heavy atom. The van der Waals surface area contributed by atoms with Gasteiger partial charge >= 0.3 is 0 Å². The van der Waals surface area contributed by atoms with Gasteiger partial charge in [0.05, 0.1) is 4.90 Å². The number of amides is 4. The van der Waals surface area contributed by atoms with Crippen LogP contribution in [0.4, 0.5) is 0 Å². The van der Waals surface area contributed by atoms with Crippen LogP contribution in [0.3, 0.4) is 0 Å². The molecule has 0 bridgehead atoms. The molecule has 0 radical (unpaired) electrons. The lowest BCUT2D eigenvalue weighted by molar-refractivity contribution is -0.139. The maximum atomic E-state index is 15.1. The summed E-state index contributed by atoms with van der Waals surface area (Å²) in [4.78, 5) is 59.0. The normalized spacial score (nSPS) is 12.6. The number of nitrogens with zero attached hydrogens (tertiary/aromatic N) is 5. The lowest BCUT2D eigenvalue weighted by Gasteiger charge is -2.35. The SMILES string of the molecule is Cc1cc(C)cc(C(=O)N(C=O)[C@@H](Cc2ccc(-c3nn[nH]n3)cc2)C(=O)N([C@@H](Cc2c[nH]c3ccccc23)C(N)=O)S(=O)(=O)c2ccccc2)c1. The van der Waals surface area contributed by atoms with E-state index in [9.17, 15) is 22.8 Å². The van der Waals surface area contributed by atoms with Crippen LogP contribution in [0.5, 0.6) is 0 Å². The third-order valence-corrected chi connectivity index (χ3v) is 10.5. The van der Waals surface area contributed by atoms with Crippen molar-refractivity contribution < 1.29 is 27.6 Å². The van der Waals surface area contributed by atoms with Gasteiger partial charge in [-0.05, 0) is 60.5 Å². The minimum atomic E-state index is -4.83. The van der Waals surface area contributed by atoms with Gasteiger partial charge in [0.15, 0.2) is 0 Å². The first-order chi connectivity index (χ1) is 25.0. The summed E-state index contributed by atoms with van der Waals surface area (Å²) in [6, 6.07) is 22.3. The largest absolute Gasteiger partial charge is 0.368 e. The summed E-state index contributed by atoms with van der Waals surface area (Å²) in [7, 11) is -4.83. The molecule has 0 saturated carbocycles. The second-order valence-corrected chi connectivity index (χ2v) is 14.1. The number of primary amides is 1. The maximum Gasteiger partial charge on any atom is 0.267 e. The number of hydrogen-bond donors (Lipinski definition) is 3. The number of tetrazole rings is 1. The zero-order valence-corrected chi connectivity index (χ0v) is 28.9. The highest BCUT2D eigenvalue weighted by atomic mass is 32.2. The van der Waals surface area contributed by atoms with Crippen LogP contribution in [0.2, 0.25) is 0 Å². The zero-order valence-electron chi connectivity index (χ0n) is 28.1. The predicted octanol–water partition coefficient (Wildman–Crippen LogP) is 3.49. The summed E-state index contributed by atoms with van der Waals surface area (Å²) < 4.78 is 29.5. The van der Waals surface area contributed by atoms with E-state index < -0.39 is 39.8 Å². The number of imide groups is 1. The van der Waals surface area contributed by atoms with E-state index in [0.717, 1.165) is 16.6 Å². The standard InChI is InChI=1S/C37H34N8O6S/c1-23-16-24(2)18-27(17-23)36(48)44(22-46)33(19-25-12-14-26(15-13-25)35-40-42-43-41-35)37(49)45(52(50,51)29-8-4-3-5-9-29)32(34(38)47)20-28-21-39-31-11-7-6-10-30(28)31/h3-18,21-22,32-33,39H,19-20H2,1-2H3,(H2,38,47)(H,40,41,42,43)/t32-,33-/m0/s1. The fourth-order valence-electron chi connectivity index (χ4n) is 6.21. The van der Waals surface area contributed by atoms with Crippen molar-refractivity contribution in [1.29, 1.82) is 0 Å². The number of H-pyrrole nitrogens is 2. The number of para-hydroxylation sites is 1. The van der Waals surface area contributed by atoms with E-state index in [1.807, 2.05) is 18.2 Å². The Morgan fingerprint density at radius 1 is 0.865 bits per heavy atom. The molecular formula is C37H34N8O6S. The van der Waals surface area contributed by atoms with Gasteiger partial charge in [0.25, 0.3) is 21.8 Å². The molecule has 2 atom stereocenters. The van der Waals surface area contributed by atoms with Gasteiger partial charge in [-0.2, -0.15) is 5.21 Å². The van der Waals surface area contributed by atoms with Crippen molar-refractivity contribution in [2.24, 2.45) is 5.73 Å². The van der Waals surface area contributed by atoms with E-state index in [0.29, 0.717) is 37.1 Å². The quantitative estimate of drug-likeness (QED) is 0.149. The topological polar surface area (TPSA) is 205 Å². The number of rotatable bonds is 13. The van der Waals surface area contributed by atoms with Gasteiger partial charge < -0.3 is 10.7 Å². The highest BCUT2D eigenvalue weighted by Gasteiger charge is 2.45. The van der Waals surface area contributed by atoms with Crippen molar-refractivity contribution >= 4 is 45.1 Å². The lowest BCUT2D eigenvalue weighted by Crippen LogP contribution is -2.59. The van der Waals surface area contributed by atoms with Crippen molar-refractivity contribution in [3.05, 3.63) is 131 Å². The third-order valence-electron chi connectivity index (χ3n) is 8.64. The van der Waals surface area contributed by atoms with Crippen molar-refractivity contribution in [3.63, 3.8) is 0 Å². The van der Waals surface area contributed by atoms with E-state index in [4.69, 9.17) is 5.73 Å². The molecule has 14 nitrogen and oxygen atoms in total. The van der Waals surface area contributed by atoms with Gasteiger partial charge in [-0.3, -0.25) is 24.1 Å². The molecule has 52 heavy (non-hydrogen) atoms. The second-order valence-electron chi connectivity index (χ2n) is 12.3. The van der Waals surface area contributed by atoms with E-state index >= 15 is 4.79 Å². The Labute approximate surface area is 298 Å². The number of fused-ring (bicyclic) bond motifs is 1. The van der Waals surface area contributed by atoms with Gasteiger partial charge in [-0.15, -0.1) is 10.2 Å². The Hall–Kier alpha value is -6.48. The minimum Gasteiger partial charge on any atom is -0.368 e. The molecule has 4 amide bonds. The molecule has 2 heterocycles. The molecule has 0 aliphatic heterocycles. The highest BCUT2D eigenvalue weighted by molar-refractivity contribution is 7.89. The molecule has 0 spiro atoms. The zero-order chi connectivity index (χ0) is 37.0. The molecule has 6 aromatic rings. The molecule has 0 aliphatic carbocycles. The highest BCUT2D eigenvalue weighted by Crippen LogP contribution is 2.28. The second kappa shape index (κ2) is 14.8. The molecule has 0 aliphatic rings. The minimum absolute atomic E-state index is 0.109. The van der Waals surface area contributed by atoms with Crippen LogP contribution >= 0.6 is 0 Å². The number of aromatic nitrogens is 5. The molecule has 15 heteroatoms. The van der Waals surface area contributed by atoms with Gasteiger partial charge in [0, 0.05) is 41.1 Å². The number of aryl methyl sites for hydroxylation is 2. The summed E-state index contributed by atoms with van der Waals surface area (Å²) >= 11 is 0. The Bertz CT molecular complexity index is 2340. The molecule has 4 N–H and O–H groups in total. The van der Waals surface area contributed by atoms with Crippen LogP contribution in [-0.4, -0.2) is 79.4 Å². The predicted molar refractivity (Wildman–Crippen MR) is 191 cm³/mol. The Morgan fingerprint density at radius 2 is 1.54 bits per heavy atom. The Balaban J connectivity index is 1.50. The fourth-order valence-corrected chi connectivity index (χ4v) is 7.81. The molecule has 264 valence electrons. The van der Waals surface area contributed by atoms with Crippen molar-refractivity contribution in [3.8, 4) is 11.4 Å². The molecule has 2 aromatic heterocycles. The van der Waals surface area contributed by atoms with Crippen molar-refractivity contribution in [2.75, 3.05) is 0 Å². The van der Waals surface area contributed by atoms with Crippen LogP contribution in [0.1, 0.15) is 32.6 Å². The van der Waals surface area contributed by atoms with Gasteiger partial charge in [-0.25, -0.2) is 12.7 Å². The summed E-state index contributed by atoms with van der Waals surface area (Å²) in [5.41, 5.74) is 9.79. The molecule has 0 fully saturated rings. The van der Waals surface area contributed by atoms with Crippen LogP contribution < -0.4 is 5.73 Å². The first-order valence-corrected chi connectivity index (χ1v) is 17.6.